The Morgan fingerprint density at radius 2 is 2.15 bits per heavy atom. The van der Waals surface area contributed by atoms with Gasteiger partial charge in [0.2, 0.25) is 0 Å². The molecule has 1 atom stereocenters. The number of thioether (sulfide) groups is 1. The summed E-state index contributed by atoms with van der Waals surface area (Å²) in [6.45, 7) is 2.55. The van der Waals surface area contributed by atoms with Crippen molar-refractivity contribution in [1.82, 2.24) is 5.32 Å². The number of aromatic carboxylic acids is 1. The maximum absolute atomic E-state index is 11.7. The van der Waals surface area contributed by atoms with Gasteiger partial charge in [-0.05, 0) is 36.1 Å². The summed E-state index contributed by atoms with van der Waals surface area (Å²) < 4.78 is 0. The van der Waals surface area contributed by atoms with E-state index in [1.54, 1.807) is 11.8 Å². The van der Waals surface area contributed by atoms with Crippen molar-refractivity contribution in [1.29, 1.82) is 0 Å². The van der Waals surface area contributed by atoms with Crippen molar-refractivity contribution in [3.05, 3.63) is 28.8 Å². The number of carbonyl (C=O) groups is 2. The number of hydrogen-bond acceptors (Lipinski definition) is 3. The third-order valence-corrected chi connectivity index (χ3v) is 3.66. The first-order valence-corrected chi connectivity index (χ1v) is 7.78. The number of hydrogen-bond donors (Lipinski definition) is 3. The summed E-state index contributed by atoms with van der Waals surface area (Å²) in [7, 11) is 0. The summed E-state index contributed by atoms with van der Waals surface area (Å²) in [5.74, 6) is 0.166. The van der Waals surface area contributed by atoms with Crippen LogP contribution in [-0.2, 0) is 0 Å². The fourth-order valence-electron chi connectivity index (χ4n) is 1.58. The summed E-state index contributed by atoms with van der Waals surface area (Å²) in [4.78, 5) is 22.8. The lowest BCUT2D eigenvalue weighted by Gasteiger charge is -2.13. The van der Waals surface area contributed by atoms with Gasteiger partial charge in [0.15, 0.2) is 0 Å². The first-order chi connectivity index (χ1) is 9.43. The molecule has 0 saturated heterocycles. The molecule has 0 saturated carbocycles. The monoisotopic (exact) mass is 316 g/mol. The Hall–Kier alpha value is -1.40. The molecule has 3 N–H and O–H groups in total. The molecule has 1 unspecified atom stereocenters. The van der Waals surface area contributed by atoms with Crippen LogP contribution >= 0.6 is 23.4 Å². The van der Waals surface area contributed by atoms with E-state index in [4.69, 9.17) is 16.7 Å². The van der Waals surface area contributed by atoms with Crippen LogP contribution in [0.4, 0.5) is 10.5 Å². The summed E-state index contributed by atoms with van der Waals surface area (Å²) >= 11 is 7.51. The van der Waals surface area contributed by atoms with Gasteiger partial charge >= 0.3 is 12.0 Å². The number of nitrogens with one attached hydrogen (secondary N) is 2. The molecule has 0 bridgehead atoms. The lowest BCUT2D eigenvalue weighted by molar-refractivity contribution is 0.0698. The van der Waals surface area contributed by atoms with Crippen molar-refractivity contribution < 1.29 is 14.7 Å². The molecule has 0 fully saturated rings. The first kappa shape index (κ1) is 16.7. The molecular formula is C13H17ClN2O3S. The zero-order valence-electron chi connectivity index (χ0n) is 11.3. The minimum Gasteiger partial charge on any atom is -0.478 e. The number of benzene rings is 1. The van der Waals surface area contributed by atoms with Crippen LogP contribution in [-0.4, -0.2) is 35.7 Å². The number of halogens is 1. The van der Waals surface area contributed by atoms with Crippen LogP contribution in [0.15, 0.2) is 18.2 Å². The van der Waals surface area contributed by atoms with Crippen LogP contribution in [0.2, 0.25) is 5.02 Å². The highest BCUT2D eigenvalue weighted by Gasteiger charge is 2.13. The first-order valence-electron chi connectivity index (χ1n) is 6.00. The van der Waals surface area contributed by atoms with Crippen molar-refractivity contribution in [3.8, 4) is 0 Å². The molecule has 20 heavy (non-hydrogen) atoms. The molecule has 110 valence electrons. The number of urea groups is 1. The second-order valence-corrected chi connectivity index (χ2v) is 5.74. The Balaban J connectivity index is 2.66. The van der Waals surface area contributed by atoms with Crippen molar-refractivity contribution in [2.45, 2.75) is 6.92 Å². The Morgan fingerprint density at radius 1 is 1.45 bits per heavy atom. The molecule has 7 heteroatoms. The molecule has 5 nitrogen and oxygen atoms in total. The van der Waals surface area contributed by atoms with Crippen molar-refractivity contribution in [3.63, 3.8) is 0 Å². The lowest BCUT2D eigenvalue weighted by atomic mass is 10.2. The number of carboxylic acid groups (broad SMARTS) is 1. The third-order valence-electron chi connectivity index (χ3n) is 2.52. The van der Waals surface area contributed by atoms with Gasteiger partial charge in [0.25, 0.3) is 0 Å². The van der Waals surface area contributed by atoms with Crippen molar-refractivity contribution in [2.75, 3.05) is 23.9 Å². The summed E-state index contributed by atoms with van der Waals surface area (Å²) in [5.41, 5.74) is 0.182. The molecule has 1 aromatic carbocycles. The SMILES string of the molecule is CSCC(C)CNC(=O)Nc1cc(Cl)ccc1C(=O)O. The Morgan fingerprint density at radius 3 is 2.75 bits per heavy atom. The summed E-state index contributed by atoms with van der Waals surface area (Å²) in [6, 6.07) is 3.80. The molecule has 1 rings (SSSR count). The Bertz CT molecular complexity index is 497. The zero-order chi connectivity index (χ0) is 15.1. The van der Waals surface area contributed by atoms with Crippen molar-refractivity contribution in [2.24, 2.45) is 5.92 Å². The van der Waals surface area contributed by atoms with E-state index in [0.29, 0.717) is 17.5 Å². The predicted molar refractivity (Wildman–Crippen MR) is 83.0 cm³/mol. The van der Waals surface area contributed by atoms with Crippen LogP contribution in [0.1, 0.15) is 17.3 Å². The zero-order valence-corrected chi connectivity index (χ0v) is 12.8. The van der Waals surface area contributed by atoms with E-state index in [-0.39, 0.29) is 11.3 Å². The molecule has 1 aromatic rings. The predicted octanol–water partition coefficient (Wildman–Crippen LogP) is 3.16. The van der Waals surface area contributed by atoms with Gasteiger partial charge in [0.1, 0.15) is 0 Å². The van der Waals surface area contributed by atoms with Crippen LogP contribution < -0.4 is 10.6 Å². The van der Waals surface area contributed by atoms with E-state index in [9.17, 15) is 9.59 Å². The molecule has 2 amide bonds. The molecule has 0 aromatic heterocycles. The Labute approximate surface area is 127 Å². The van der Waals surface area contributed by atoms with Crippen molar-refractivity contribution >= 4 is 41.1 Å². The maximum Gasteiger partial charge on any atom is 0.337 e. The number of anilines is 1. The molecule has 0 heterocycles. The molecule has 0 aliphatic rings. The molecule has 0 spiro atoms. The third kappa shape index (κ3) is 5.30. The minimum atomic E-state index is -1.12. The Kier molecular flexibility index (Phi) is 6.67. The minimum absolute atomic E-state index is 0.00159. The highest BCUT2D eigenvalue weighted by atomic mass is 35.5. The summed E-state index contributed by atoms with van der Waals surface area (Å²) in [5, 5.41) is 14.6. The highest BCUT2D eigenvalue weighted by molar-refractivity contribution is 7.98. The van der Waals surface area contributed by atoms with E-state index in [2.05, 4.69) is 10.6 Å². The van der Waals surface area contributed by atoms with Crippen LogP contribution in [0.5, 0.6) is 0 Å². The van der Waals surface area contributed by atoms with E-state index < -0.39 is 12.0 Å². The average Bonchev–Trinajstić information content (AvgIpc) is 2.36. The average molecular weight is 317 g/mol. The second kappa shape index (κ2) is 8.01. The molecule has 0 aliphatic heterocycles. The van der Waals surface area contributed by atoms with E-state index >= 15 is 0 Å². The smallest absolute Gasteiger partial charge is 0.337 e. The van der Waals surface area contributed by atoms with Gasteiger partial charge in [-0.15, -0.1) is 0 Å². The maximum atomic E-state index is 11.7. The largest absolute Gasteiger partial charge is 0.478 e. The molecular weight excluding hydrogens is 300 g/mol. The van der Waals surface area contributed by atoms with E-state index in [1.807, 2.05) is 13.2 Å². The van der Waals surface area contributed by atoms with Crippen LogP contribution in [0.3, 0.4) is 0 Å². The quantitative estimate of drug-likeness (QED) is 0.753. The highest BCUT2D eigenvalue weighted by Crippen LogP contribution is 2.21. The van der Waals surface area contributed by atoms with Gasteiger partial charge in [-0.1, -0.05) is 18.5 Å². The van der Waals surface area contributed by atoms with Crippen LogP contribution in [0, 0.1) is 5.92 Å². The van der Waals surface area contributed by atoms with Gasteiger partial charge in [-0.3, -0.25) is 0 Å². The number of carboxylic acids is 1. The number of rotatable bonds is 6. The normalized spacial score (nSPS) is 11.8. The van der Waals surface area contributed by atoms with Gasteiger partial charge in [-0.2, -0.15) is 11.8 Å². The standard InChI is InChI=1S/C13H17ClN2O3S/c1-8(7-20-2)6-15-13(19)16-11-5-9(14)3-4-10(11)12(17)18/h3-5,8H,6-7H2,1-2H3,(H,17,18)(H2,15,16,19). The number of amides is 2. The fraction of sp³-hybridized carbons (Fsp3) is 0.385. The lowest BCUT2D eigenvalue weighted by Crippen LogP contribution is -2.33. The summed E-state index contributed by atoms with van der Waals surface area (Å²) in [6.07, 6.45) is 2.00. The van der Waals surface area contributed by atoms with Crippen LogP contribution in [0.25, 0.3) is 0 Å². The van der Waals surface area contributed by atoms with Gasteiger partial charge in [0.05, 0.1) is 11.3 Å². The number of carbonyl (C=O) groups excluding carboxylic acids is 1. The van der Waals surface area contributed by atoms with E-state index in [1.165, 1.54) is 18.2 Å². The second-order valence-electron chi connectivity index (χ2n) is 4.39. The van der Waals surface area contributed by atoms with Gasteiger partial charge in [0, 0.05) is 11.6 Å². The van der Waals surface area contributed by atoms with E-state index in [0.717, 1.165) is 5.75 Å². The molecule has 0 aliphatic carbocycles. The molecule has 0 radical (unpaired) electrons. The topological polar surface area (TPSA) is 78.4 Å². The van der Waals surface area contributed by atoms with Gasteiger partial charge in [-0.25, -0.2) is 9.59 Å². The fourth-order valence-corrected chi connectivity index (χ4v) is 2.44. The van der Waals surface area contributed by atoms with Gasteiger partial charge < -0.3 is 15.7 Å².